The third kappa shape index (κ3) is 2.55. The molecule has 0 atom stereocenters. The summed E-state index contributed by atoms with van der Waals surface area (Å²) >= 11 is 0. The highest BCUT2D eigenvalue weighted by molar-refractivity contribution is 5.97. The summed E-state index contributed by atoms with van der Waals surface area (Å²) in [5, 5.41) is 0. The number of hydrogen-bond acceptors (Lipinski definition) is 2. The quantitative estimate of drug-likeness (QED) is 0.503. The number of halogens is 1. The van der Waals surface area contributed by atoms with Gasteiger partial charge in [-0.3, -0.25) is 9.98 Å². The monoisotopic (exact) mass is 171 g/mol. The van der Waals surface area contributed by atoms with Gasteiger partial charge < -0.3 is 5.73 Å². The van der Waals surface area contributed by atoms with Crippen molar-refractivity contribution in [2.24, 2.45) is 10.7 Å². The largest absolute Gasteiger partial charge is 0.384 e. The highest BCUT2D eigenvalue weighted by Gasteiger charge is 1.92. The first-order valence-corrected chi connectivity index (χ1v) is 2.97. The number of aromatic nitrogens is 1. The van der Waals surface area contributed by atoms with E-state index in [1.165, 1.54) is 0 Å². The van der Waals surface area contributed by atoms with Crippen molar-refractivity contribution in [3.63, 3.8) is 0 Å². The second-order valence-electron chi connectivity index (χ2n) is 1.84. The van der Waals surface area contributed by atoms with Crippen LogP contribution in [0.25, 0.3) is 0 Å². The van der Waals surface area contributed by atoms with Crippen LogP contribution in [0.3, 0.4) is 0 Å². The number of nitrogens with zero attached hydrogens (tertiary/aromatic N) is 2. The molecule has 0 aromatic carbocycles. The Kier molecular flexibility index (Phi) is 4.22. The summed E-state index contributed by atoms with van der Waals surface area (Å²) in [6, 6.07) is 3.64. The molecule has 0 aliphatic carbocycles. The zero-order valence-electron chi connectivity index (χ0n) is 6.19. The van der Waals surface area contributed by atoms with Crippen molar-refractivity contribution in [1.82, 2.24) is 4.98 Å². The number of rotatable bonds is 1. The van der Waals surface area contributed by atoms with E-state index in [0.29, 0.717) is 5.84 Å². The lowest BCUT2D eigenvalue weighted by Crippen LogP contribution is -2.12. The average molecular weight is 172 g/mol. The standard InChI is InChI=1S/C7H9N3.ClH/c1-9-7(8)6-2-4-10-5-3-6;/h2-5H,1H3,(H2,8,9);1H. The summed E-state index contributed by atoms with van der Waals surface area (Å²) in [5.74, 6) is 0.544. The van der Waals surface area contributed by atoms with E-state index >= 15 is 0 Å². The van der Waals surface area contributed by atoms with Crippen LogP contribution in [0, 0.1) is 0 Å². The number of pyridine rings is 1. The molecular formula is C7H10ClN3. The Balaban J connectivity index is 0.000001000. The topological polar surface area (TPSA) is 51.3 Å². The van der Waals surface area contributed by atoms with Crippen LogP contribution in [-0.4, -0.2) is 17.9 Å². The maximum atomic E-state index is 5.52. The minimum Gasteiger partial charge on any atom is -0.384 e. The fourth-order valence-electron chi connectivity index (χ4n) is 0.652. The van der Waals surface area contributed by atoms with Gasteiger partial charge >= 0.3 is 0 Å². The molecule has 4 heteroatoms. The Morgan fingerprint density at radius 3 is 2.45 bits per heavy atom. The van der Waals surface area contributed by atoms with Gasteiger partial charge in [0.15, 0.2) is 0 Å². The molecule has 11 heavy (non-hydrogen) atoms. The van der Waals surface area contributed by atoms with E-state index < -0.39 is 0 Å². The molecule has 2 N–H and O–H groups in total. The number of nitrogens with two attached hydrogens (primary N) is 1. The van der Waals surface area contributed by atoms with E-state index in [2.05, 4.69) is 9.98 Å². The molecule has 1 rings (SSSR count). The van der Waals surface area contributed by atoms with Crippen molar-refractivity contribution < 1.29 is 0 Å². The predicted octanol–water partition coefficient (Wildman–Crippen LogP) is 0.838. The van der Waals surface area contributed by atoms with Crippen LogP contribution in [0.15, 0.2) is 29.5 Å². The Morgan fingerprint density at radius 1 is 1.45 bits per heavy atom. The van der Waals surface area contributed by atoms with E-state index in [4.69, 9.17) is 5.73 Å². The molecule has 0 amide bonds. The van der Waals surface area contributed by atoms with Gasteiger partial charge in [0.2, 0.25) is 0 Å². The lowest BCUT2D eigenvalue weighted by Gasteiger charge is -1.95. The Bertz CT molecular complexity index is 233. The van der Waals surface area contributed by atoms with Crippen LogP contribution < -0.4 is 5.73 Å². The van der Waals surface area contributed by atoms with Gasteiger partial charge in [-0.05, 0) is 12.1 Å². The molecule has 0 unspecified atom stereocenters. The summed E-state index contributed by atoms with van der Waals surface area (Å²) in [6.45, 7) is 0. The minimum atomic E-state index is 0. The van der Waals surface area contributed by atoms with Crippen LogP contribution >= 0.6 is 12.4 Å². The third-order valence-electron chi connectivity index (χ3n) is 1.22. The molecule has 1 aromatic heterocycles. The van der Waals surface area contributed by atoms with Crippen LogP contribution in [0.1, 0.15) is 5.56 Å². The van der Waals surface area contributed by atoms with Crippen molar-refractivity contribution in [2.75, 3.05) is 7.05 Å². The molecule has 1 heterocycles. The van der Waals surface area contributed by atoms with Gasteiger partial charge in [0.1, 0.15) is 5.84 Å². The van der Waals surface area contributed by atoms with Crippen LogP contribution in [0.2, 0.25) is 0 Å². The van der Waals surface area contributed by atoms with Gasteiger partial charge in [-0.1, -0.05) is 0 Å². The molecule has 0 fully saturated rings. The van der Waals surface area contributed by atoms with E-state index in [1.54, 1.807) is 19.4 Å². The number of aliphatic imine (C=N–C) groups is 1. The van der Waals surface area contributed by atoms with E-state index in [9.17, 15) is 0 Å². The Labute approximate surface area is 71.8 Å². The first kappa shape index (κ1) is 9.91. The summed E-state index contributed by atoms with van der Waals surface area (Å²) < 4.78 is 0. The molecule has 0 bridgehead atoms. The molecule has 0 aliphatic heterocycles. The van der Waals surface area contributed by atoms with Gasteiger partial charge in [0, 0.05) is 25.0 Å². The molecule has 0 radical (unpaired) electrons. The Morgan fingerprint density at radius 2 is 2.00 bits per heavy atom. The molecule has 1 aromatic rings. The second kappa shape index (κ2) is 4.68. The van der Waals surface area contributed by atoms with Gasteiger partial charge in [0.25, 0.3) is 0 Å². The van der Waals surface area contributed by atoms with Crippen molar-refractivity contribution in [1.29, 1.82) is 0 Å². The first-order valence-electron chi connectivity index (χ1n) is 2.97. The smallest absolute Gasteiger partial charge is 0.125 e. The lowest BCUT2D eigenvalue weighted by atomic mass is 10.2. The van der Waals surface area contributed by atoms with Crippen LogP contribution in [0.4, 0.5) is 0 Å². The molecule has 0 saturated heterocycles. The molecule has 0 spiro atoms. The summed E-state index contributed by atoms with van der Waals surface area (Å²) in [7, 11) is 1.66. The van der Waals surface area contributed by atoms with Crippen molar-refractivity contribution in [3.8, 4) is 0 Å². The molecule has 0 aliphatic rings. The fraction of sp³-hybridized carbons (Fsp3) is 0.143. The summed E-state index contributed by atoms with van der Waals surface area (Å²) in [4.78, 5) is 7.68. The molecule has 3 nitrogen and oxygen atoms in total. The van der Waals surface area contributed by atoms with E-state index in [1.807, 2.05) is 12.1 Å². The summed E-state index contributed by atoms with van der Waals surface area (Å²) in [6.07, 6.45) is 3.38. The van der Waals surface area contributed by atoms with Crippen molar-refractivity contribution in [2.45, 2.75) is 0 Å². The maximum absolute atomic E-state index is 5.52. The van der Waals surface area contributed by atoms with Crippen molar-refractivity contribution >= 4 is 18.2 Å². The highest BCUT2D eigenvalue weighted by atomic mass is 35.5. The molecular weight excluding hydrogens is 162 g/mol. The zero-order chi connectivity index (χ0) is 7.40. The number of amidine groups is 1. The normalized spacial score (nSPS) is 10.5. The fourth-order valence-corrected chi connectivity index (χ4v) is 0.652. The first-order chi connectivity index (χ1) is 4.84. The highest BCUT2D eigenvalue weighted by Crippen LogP contribution is 1.93. The van der Waals surface area contributed by atoms with Crippen LogP contribution in [-0.2, 0) is 0 Å². The maximum Gasteiger partial charge on any atom is 0.125 e. The van der Waals surface area contributed by atoms with Crippen LogP contribution in [0.5, 0.6) is 0 Å². The second-order valence-corrected chi connectivity index (χ2v) is 1.84. The van der Waals surface area contributed by atoms with Crippen molar-refractivity contribution in [3.05, 3.63) is 30.1 Å². The Hall–Kier alpha value is -1.09. The van der Waals surface area contributed by atoms with Gasteiger partial charge in [0.05, 0.1) is 0 Å². The van der Waals surface area contributed by atoms with Gasteiger partial charge in [-0.15, -0.1) is 12.4 Å². The predicted molar refractivity (Wildman–Crippen MR) is 48.1 cm³/mol. The minimum absolute atomic E-state index is 0. The molecule has 60 valence electrons. The van der Waals surface area contributed by atoms with E-state index in [0.717, 1.165) is 5.56 Å². The lowest BCUT2D eigenvalue weighted by molar-refractivity contribution is 1.30. The SMILES string of the molecule is CN=C(N)c1ccncc1.Cl. The molecule has 0 saturated carbocycles. The zero-order valence-corrected chi connectivity index (χ0v) is 7.01. The van der Waals surface area contributed by atoms with Gasteiger partial charge in [-0.25, -0.2) is 0 Å². The van der Waals surface area contributed by atoms with E-state index in [-0.39, 0.29) is 12.4 Å². The average Bonchev–Trinajstić information content (AvgIpc) is 2.05. The number of hydrogen-bond donors (Lipinski definition) is 1. The summed E-state index contributed by atoms with van der Waals surface area (Å²) in [5.41, 5.74) is 6.43. The van der Waals surface area contributed by atoms with Gasteiger partial charge in [-0.2, -0.15) is 0 Å². The third-order valence-corrected chi connectivity index (χ3v) is 1.22.